The number of hydrogen-bond acceptors (Lipinski definition) is 4. The molecule has 7 nitrogen and oxygen atoms in total. The molecular weight excluding hydrogens is 493 g/mol. The van der Waals surface area contributed by atoms with Crippen molar-refractivity contribution in [1.29, 1.82) is 0 Å². The van der Waals surface area contributed by atoms with Gasteiger partial charge in [0.25, 0.3) is 5.56 Å². The van der Waals surface area contributed by atoms with Crippen LogP contribution in [0.15, 0.2) is 28.0 Å². The van der Waals surface area contributed by atoms with Gasteiger partial charge in [-0.3, -0.25) is 14.7 Å². The number of pyridine rings is 1. The summed E-state index contributed by atoms with van der Waals surface area (Å²) in [6.45, 7) is 12.7. The molecule has 2 N–H and O–H groups in total. The van der Waals surface area contributed by atoms with Crippen LogP contribution in [0.2, 0.25) is 0 Å². The summed E-state index contributed by atoms with van der Waals surface area (Å²) in [5.41, 5.74) is 1.09. The minimum atomic E-state index is 0. The van der Waals surface area contributed by atoms with E-state index in [1.165, 1.54) is 0 Å². The first-order chi connectivity index (χ1) is 14.0. The lowest BCUT2D eigenvalue weighted by molar-refractivity contribution is 0.0132. The predicted molar refractivity (Wildman–Crippen MR) is 135 cm³/mol. The van der Waals surface area contributed by atoms with Crippen LogP contribution in [0.1, 0.15) is 38.8 Å². The number of morpholine rings is 1. The van der Waals surface area contributed by atoms with Crippen LogP contribution >= 0.6 is 24.0 Å². The lowest BCUT2D eigenvalue weighted by atomic mass is 10.0. The number of aromatic nitrogens is 1. The lowest BCUT2D eigenvalue weighted by Gasteiger charge is -2.35. The van der Waals surface area contributed by atoms with E-state index in [2.05, 4.69) is 34.4 Å². The average Bonchev–Trinajstić information content (AvgIpc) is 2.71. The van der Waals surface area contributed by atoms with Crippen LogP contribution in [0.5, 0.6) is 0 Å². The van der Waals surface area contributed by atoms with Gasteiger partial charge in [-0.25, -0.2) is 0 Å². The van der Waals surface area contributed by atoms with E-state index in [1.807, 2.05) is 30.7 Å². The zero-order valence-electron chi connectivity index (χ0n) is 19.0. The van der Waals surface area contributed by atoms with Crippen molar-refractivity contribution in [2.75, 3.05) is 46.4 Å². The molecule has 172 valence electrons. The van der Waals surface area contributed by atoms with Crippen LogP contribution in [0.4, 0.5) is 0 Å². The molecule has 1 aliphatic rings. The van der Waals surface area contributed by atoms with E-state index < -0.39 is 0 Å². The van der Waals surface area contributed by atoms with Gasteiger partial charge in [0.2, 0.25) is 0 Å². The number of halogens is 1. The van der Waals surface area contributed by atoms with Crippen molar-refractivity contribution in [3.8, 4) is 0 Å². The van der Waals surface area contributed by atoms with Crippen LogP contribution in [0.25, 0.3) is 0 Å². The molecule has 2 heterocycles. The largest absolute Gasteiger partial charge is 0.379 e. The Bertz CT molecular complexity index is 686. The van der Waals surface area contributed by atoms with E-state index in [-0.39, 0.29) is 29.5 Å². The van der Waals surface area contributed by atoms with E-state index in [9.17, 15) is 4.79 Å². The molecule has 2 rings (SSSR count). The van der Waals surface area contributed by atoms with Crippen molar-refractivity contribution >= 4 is 29.9 Å². The lowest BCUT2D eigenvalue weighted by Crippen LogP contribution is -2.51. The highest BCUT2D eigenvalue weighted by Gasteiger charge is 2.22. The summed E-state index contributed by atoms with van der Waals surface area (Å²) < 4.78 is 7.34. The Morgan fingerprint density at radius 3 is 2.57 bits per heavy atom. The predicted octanol–water partition coefficient (Wildman–Crippen LogP) is 2.47. The van der Waals surface area contributed by atoms with Gasteiger partial charge in [0, 0.05) is 57.6 Å². The molecule has 1 fully saturated rings. The molecule has 1 atom stereocenters. The molecule has 0 spiro atoms. The fraction of sp³-hybridized carbons (Fsp3) is 0.727. The number of unbranched alkanes of at least 4 members (excludes halogenated alkanes) is 1. The highest BCUT2D eigenvalue weighted by molar-refractivity contribution is 14.0. The maximum absolute atomic E-state index is 11.9. The fourth-order valence-electron chi connectivity index (χ4n) is 3.80. The molecule has 1 unspecified atom stereocenters. The molecule has 1 aliphatic heterocycles. The van der Waals surface area contributed by atoms with Gasteiger partial charge in [-0.1, -0.05) is 19.9 Å². The van der Waals surface area contributed by atoms with E-state index in [1.54, 1.807) is 6.07 Å². The van der Waals surface area contributed by atoms with E-state index in [0.717, 1.165) is 76.9 Å². The zero-order chi connectivity index (χ0) is 21.1. The minimum Gasteiger partial charge on any atom is -0.379 e. The zero-order valence-corrected chi connectivity index (χ0v) is 21.4. The van der Waals surface area contributed by atoms with Crippen LogP contribution in [-0.4, -0.2) is 67.9 Å². The van der Waals surface area contributed by atoms with E-state index in [4.69, 9.17) is 4.74 Å². The van der Waals surface area contributed by atoms with Crippen LogP contribution in [-0.2, 0) is 11.3 Å². The van der Waals surface area contributed by atoms with Gasteiger partial charge >= 0.3 is 0 Å². The molecule has 1 saturated heterocycles. The van der Waals surface area contributed by atoms with Gasteiger partial charge in [0.1, 0.15) is 0 Å². The fourth-order valence-corrected chi connectivity index (χ4v) is 3.80. The molecule has 0 saturated carbocycles. The first-order valence-electron chi connectivity index (χ1n) is 10.9. The maximum Gasteiger partial charge on any atom is 0.250 e. The van der Waals surface area contributed by atoms with Gasteiger partial charge < -0.3 is 19.9 Å². The normalized spacial score (nSPS) is 16.2. The van der Waals surface area contributed by atoms with Crippen LogP contribution in [0, 0.1) is 12.8 Å². The van der Waals surface area contributed by atoms with Crippen molar-refractivity contribution in [2.45, 2.75) is 52.6 Å². The quantitative estimate of drug-likeness (QED) is 0.209. The molecule has 8 heteroatoms. The number of aryl methyl sites for hydroxylation is 1. The Morgan fingerprint density at radius 2 is 1.93 bits per heavy atom. The highest BCUT2D eigenvalue weighted by Crippen LogP contribution is 2.13. The third kappa shape index (κ3) is 9.34. The number of ether oxygens (including phenoxy) is 1. The van der Waals surface area contributed by atoms with Crippen LogP contribution < -0.4 is 16.2 Å². The van der Waals surface area contributed by atoms with Gasteiger partial charge in [-0.2, -0.15) is 0 Å². The Labute approximate surface area is 198 Å². The van der Waals surface area contributed by atoms with Crippen molar-refractivity contribution < 1.29 is 4.74 Å². The van der Waals surface area contributed by atoms with E-state index >= 15 is 0 Å². The molecule has 0 aliphatic carbocycles. The molecule has 0 bridgehead atoms. The topological polar surface area (TPSA) is 70.9 Å². The minimum absolute atomic E-state index is 0. The standard InChI is InChI=1S/C22H39N5O2.HI/c1-18(2)16-20(26-12-14-29-15-13-26)17-25-22(23-4)24-10-5-6-11-27-19(3)8-7-9-21(27)28;/h7-9,18,20H,5-6,10-17H2,1-4H3,(H2,23,24,25);1H. The number of rotatable bonds is 10. The Kier molecular flexibility index (Phi) is 13.3. The monoisotopic (exact) mass is 533 g/mol. The molecule has 30 heavy (non-hydrogen) atoms. The summed E-state index contributed by atoms with van der Waals surface area (Å²) >= 11 is 0. The van der Waals surface area contributed by atoms with Gasteiger partial charge in [0.05, 0.1) is 13.2 Å². The summed E-state index contributed by atoms with van der Waals surface area (Å²) in [7, 11) is 1.81. The molecule has 0 radical (unpaired) electrons. The number of nitrogens with zero attached hydrogens (tertiary/aromatic N) is 3. The third-order valence-corrected chi connectivity index (χ3v) is 5.40. The van der Waals surface area contributed by atoms with Crippen molar-refractivity contribution in [1.82, 2.24) is 20.1 Å². The molecule has 1 aromatic rings. The van der Waals surface area contributed by atoms with Gasteiger partial charge in [-0.15, -0.1) is 24.0 Å². The summed E-state index contributed by atoms with van der Waals surface area (Å²) in [6.07, 6.45) is 3.11. The molecule has 0 amide bonds. The van der Waals surface area contributed by atoms with E-state index in [0.29, 0.717) is 12.0 Å². The smallest absolute Gasteiger partial charge is 0.250 e. The van der Waals surface area contributed by atoms with Crippen molar-refractivity contribution in [3.05, 3.63) is 34.2 Å². The Hall–Kier alpha value is -1.13. The average molecular weight is 533 g/mol. The first-order valence-corrected chi connectivity index (χ1v) is 10.9. The first kappa shape index (κ1) is 26.9. The summed E-state index contributed by atoms with van der Waals surface area (Å²) in [4.78, 5) is 18.8. The Morgan fingerprint density at radius 1 is 1.20 bits per heavy atom. The second kappa shape index (κ2) is 14.8. The Balaban J connectivity index is 0.00000450. The number of hydrogen-bond donors (Lipinski definition) is 2. The summed E-state index contributed by atoms with van der Waals surface area (Å²) in [5.74, 6) is 1.50. The highest BCUT2D eigenvalue weighted by atomic mass is 127. The summed E-state index contributed by atoms with van der Waals surface area (Å²) in [5, 5.41) is 6.91. The third-order valence-electron chi connectivity index (χ3n) is 5.40. The van der Waals surface area contributed by atoms with Crippen molar-refractivity contribution in [2.24, 2.45) is 10.9 Å². The molecule has 0 aromatic carbocycles. The second-order valence-electron chi connectivity index (χ2n) is 8.18. The SMILES string of the molecule is CN=C(NCCCCn1c(C)cccc1=O)NCC(CC(C)C)N1CCOCC1.I. The second-order valence-corrected chi connectivity index (χ2v) is 8.18. The van der Waals surface area contributed by atoms with Gasteiger partial charge in [0.15, 0.2) is 5.96 Å². The molecular formula is C22H40IN5O2. The molecule has 1 aromatic heterocycles. The maximum atomic E-state index is 11.9. The number of guanidine groups is 1. The number of nitrogens with one attached hydrogen (secondary N) is 2. The van der Waals surface area contributed by atoms with Crippen molar-refractivity contribution in [3.63, 3.8) is 0 Å². The number of aliphatic imine (C=N–C) groups is 1. The van der Waals surface area contributed by atoms with Gasteiger partial charge in [-0.05, 0) is 38.2 Å². The van der Waals surface area contributed by atoms with Crippen LogP contribution in [0.3, 0.4) is 0 Å². The summed E-state index contributed by atoms with van der Waals surface area (Å²) in [6, 6.07) is 5.91.